The summed E-state index contributed by atoms with van der Waals surface area (Å²) in [5.41, 5.74) is 1.85. The van der Waals surface area contributed by atoms with Crippen LogP contribution in [-0.2, 0) is 22.6 Å². The summed E-state index contributed by atoms with van der Waals surface area (Å²) in [5.74, 6) is 0.704. The van der Waals surface area contributed by atoms with Gasteiger partial charge in [0.1, 0.15) is 5.75 Å². The third-order valence-electron chi connectivity index (χ3n) is 4.10. The molecule has 2 rings (SSSR count). The van der Waals surface area contributed by atoms with Crippen molar-refractivity contribution >= 4 is 11.8 Å². The van der Waals surface area contributed by atoms with E-state index in [0.717, 1.165) is 16.9 Å². The molecule has 0 unspecified atom stereocenters. The van der Waals surface area contributed by atoms with Crippen molar-refractivity contribution in [1.29, 1.82) is 0 Å². The highest BCUT2D eigenvalue weighted by Crippen LogP contribution is 2.27. The molecule has 0 radical (unpaired) electrons. The second-order valence-electron chi connectivity index (χ2n) is 6.69. The normalized spacial score (nSPS) is 10.4. The van der Waals surface area contributed by atoms with Gasteiger partial charge in [-0.2, -0.15) is 0 Å². The Morgan fingerprint density at radius 1 is 0.862 bits per heavy atom. The van der Waals surface area contributed by atoms with Crippen LogP contribution in [0.25, 0.3) is 0 Å². The van der Waals surface area contributed by atoms with Crippen molar-refractivity contribution in [2.45, 2.75) is 32.9 Å². The molecular formula is C22H28N2O5. The van der Waals surface area contributed by atoms with E-state index < -0.39 is 11.8 Å². The van der Waals surface area contributed by atoms with Gasteiger partial charge in [0, 0.05) is 13.1 Å². The lowest BCUT2D eigenvalue weighted by Gasteiger charge is -2.11. The second kappa shape index (κ2) is 10.9. The minimum Gasteiger partial charge on any atom is -0.493 e. The lowest BCUT2D eigenvalue weighted by atomic mass is 10.1. The Morgan fingerprint density at radius 2 is 1.48 bits per heavy atom. The molecule has 29 heavy (non-hydrogen) atoms. The van der Waals surface area contributed by atoms with Crippen LogP contribution in [0, 0.1) is 0 Å². The van der Waals surface area contributed by atoms with Gasteiger partial charge in [0.2, 0.25) is 0 Å². The largest absolute Gasteiger partial charge is 0.493 e. The summed E-state index contributed by atoms with van der Waals surface area (Å²) in [6, 6.07) is 12.9. The average molecular weight is 400 g/mol. The van der Waals surface area contributed by atoms with E-state index in [2.05, 4.69) is 10.6 Å². The molecule has 0 spiro atoms. The molecule has 7 nitrogen and oxygen atoms in total. The number of nitrogens with one attached hydrogen (secondary N) is 2. The van der Waals surface area contributed by atoms with Gasteiger partial charge in [0.15, 0.2) is 11.5 Å². The molecule has 0 aliphatic heterocycles. The first-order valence-electron chi connectivity index (χ1n) is 9.45. The molecule has 7 heteroatoms. The van der Waals surface area contributed by atoms with Gasteiger partial charge >= 0.3 is 11.8 Å². The fourth-order valence-corrected chi connectivity index (χ4v) is 2.66. The van der Waals surface area contributed by atoms with Crippen LogP contribution < -0.4 is 24.8 Å². The summed E-state index contributed by atoms with van der Waals surface area (Å²) in [5, 5.41) is 5.23. The third kappa shape index (κ3) is 7.03. The summed E-state index contributed by atoms with van der Waals surface area (Å²) >= 11 is 0. The van der Waals surface area contributed by atoms with E-state index >= 15 is 0 Å². The van der Waals surface area contributed by atoms with Crippen LogP contribution >= 0.6 is 0 Å². The van der Waals surface area contributed by atoms with Crippen LogP contribution in [0.4, 0.5) is 0 Å². The predicted molar refractivity (Wildman–Crippen MR) is 110 cm³/mol. The van der Waals surface area contributed by atoms with Crippen LogP contribution in [0.2, 0.25) is 0 Å². The van der Waals surface area contributed by atoms with E-state index in [1.54, 1.807) is 20.3 Å². The van der Waals surface area contributed by atoms with Crippen LogP contribution in [0.1, 0.15) is 25.0 Å². The number of hydrogen-bond donors (Lipinski definition) is 2. The Morgan fingerprint density at radius 3 is 2.10 bits per heavy atom. The molecule has 0 bridgehead atoms. The molecule has 2 N–H and O–H groups in total. The quantitative estimate of drug-likeness (QED) is 0.632. The molecule has 0 saturated carbocycles. The number of hydrogen-bond acceptors (Lipinski definition) is 5. The van der Waals surface area contributed by atoms with E-state index in [9.17, 15) is 9.59 Å². The van der Waals surface area contributed by atoms with Gasteiger partial charge in [-0.1, -0.05) is 18.2 Å². The topological polar surface area (TPSA) is 85.9 Å². The monoisotopic (exact) mass is 400 g/mol. The Labute approximate surface area is 171 Å². The van der Waals surface area contributed by atoms with Crippen LogP contribution in [0.5, 0.6) is 17.2 Å². The summed E-state index contributed by atoms with van der Waals surface area (Å²) < 4.78 is 16.0. The molecule has 2 amide bonds. The highest BCUT2D eigenvalue weighted by molar-refractivity contribution is 6.35. The van der Waals surface area contributed by atoms with E-state index in [4.69, 9.17) is 14.2 Å². The van der Waals surface area contributed by atoms with Crippen molar-refractivity contribution in [2.24, 2.45) is 0 Å². The van der Waals surface area contributed by atoms with Gasteiger partial charge in [0.25, 0.3) is 0 Å². The summed E-state index contributed by atoms with van der Waals surface area (Å²) in [4.78, 5) is 23.9. The number of methoxy groups -OCH3 is 2. The van der Waals surface area contributed by atoms with E-state index in [0.29, 0.717) is 24.5 Å². The third-order valence-corrected chi connectivity index (χ3v) is 4.10. The van der Waals surface area contributed by atoms with Gasteiger partial charge in [-0.15, -0.1) is 0 Å². The van der Waals surface area contributed by atoms with Crippen LogP contribution in [0.3, 0.4) is 0 Å². The first-order valence-corrected chi connectivity index (χ1v) is 9.45. The number of benzene rings is 2. The first kappa shape index (κ1) is 22.1. The SMILES string of the molecule is COc1ccc(CCNC(=O)C(=O)NCc2ccc(OC(C)C)cc2)cc1OC. The summed E-state index contributed by atoms with van der Waals surface area (Å²) in [6.07, 6.45) is 0.666. The van der Waals surface area contributed by atoms with Gasteiger partial charge in [-0.25, -0.2) is 0 Å². The smallest absolute Gasteiger partial charge is 0.309 e. The van der Waals surface area contributed by atoms with Crippen molar-refractivity contribution in [3.63, 3.8) is 0 Å². The van der Waals surface area contributed by atoms with E-state index in [1.165, 1.54) is 0 Å². The van der Waals surface area contributed by atoms with Gasteiger partial charge in [-0.05, 0) is 55.7 Å². The van der Waals surface area contributed by atoms with Crippen molar-refractivity contribution in [3.8, 4) is 17.2 Å². The van der Waals surface area contributed by atoms with Gasteiger partial charge in [0.05, 0.1) is 20.3 Å². The molecule has 0 saturated heterocycles. The first-order chi connectivity index (χ1) is 13.9. The highest BCUT2D eigenvalue weighted by Gasteiger charge is 2.13. The van der Waals surface area contributed by atoms with Crippen molar-refractivity contribution in [3.05, 3.63) is 53.6 Å². The zero-order chi connectivity index (χ0) is 21.2. The van der Waals surface area contributed by atoms with Crippen LogP contribution in [-0.4, -0.2) is 38.7 Å². The molecule has 0 aromatic heterocycles. The molecular weight excluding hydrogens is 372 g/mol. The number of amides is 2. The highest BCUT2D eigenvalue weighted by atomic mass is 16.5. The Bertz CT molecular complexity index is 818. The van der Waals surface area contributed by atoms with Gasteiger partial charge in [-0.3, -0.25) is 9.59 Å². The molecule has 0 aliphatic carbocycles. The minimum atomic E-state index is -0.667. The molecule has 2 aromatic rings. The van der Waals surface area contributed by atoms with E-state index in [-0.39, 0.29) is 12.6 Å². The van der Waals surface area contributed by atoms with Gasteiger partial charge < -0.3 is 24.8 Å². The van der Waals surface area contributed by atoms with Crippen LogP contribution in [0.15, 0.2) is 42.5 Å². The van der Waals surface area contributed by atoms with Crippen molar-refractivity contribution in [1.82, 2.24) is 10.6 Å². The Kier molecular flexibility index (Phi) is 8.33. The summed E-state index contributed by atoms with van der Waals surface area (Å²) in [6.45, 7) is 4.52. The second-order valence-corrected chi connectivity index (χ2v) is 6.69. The molecule has 0 atom stereocenters. The molecule has 156 valence electrons. The fourth-order valence-electron chi connectivity index (χ4n) is 2.66. The fraction of sp³-hybridized carbons (Fsp3) is 0.364. The molecule has 0 fully saturated rings. The lowest BCUT2D eigenvalue weighted by molar-refractivity contribution is -0.139. The molecule has 0 heterocycles. The maximum atomic E-state index is 12.0. The minimum absolute atomic E-state index is 0.100. The zero-order valence-corrected chi connectivity index (χ0v) is 17.3. The summed E-state index contributed by atoms with van der Waals surface area (Å²) in [7, 11) is 3.14. The number of carbonyl (C=O) groups is 2. The molecule has 0 aliphatic rings. The van der Waals surface area contributed by atoms with Crippen molar-refractivity contribution in [2.75, 3.05) is 20.8 Å². The standard InChI is InChI=1S/C22H28N2O5/c1-15(2)29-18-8-5-17(6-9-18)14-24-22(26)21(25)23-12-11-16-7-10-19(27-3)20(13-16)28-4/h5-10,13,15H,11-12,14H2,1-4H3,(H,23,25)(H,24,26). The predicted octanol–water partition coefficient (Wildman–Crippen LogP) is 2.47. The number of carbonyl (C=O) groups excluding carboxylic acids is 2. The Hall–Kier alpha value is -3.22. The molecule has 2 aromatic carbocycles. The van der Waals surface area contributed by atoms with E-state index in [1.807, 2.05) is 50.2 Å². The maximum absolute atomic E-state index is 12.0. The zero-order valence-electron chi connectivity index (χ0n) is 17.3. The number of ether oxygens (including phenoxy) is 3. The van der Waals surface area contributed by atoms with Crippen molar-refractivity contribution < 1.29 is 23.8 Å². The Balaban J connectivity index is 1.75. The average Bonchev–Trinajstić information content (AvgIpc) is 2.72. The maximum Gasteiger partial charge on any atom is 0.309 e. The number of rotatable bonds is 9. The lowest BCUT2D eigenvalue weighted by Crippen LogP contribution is -2.40.